The van der Waals surface area contributed by atoms with Crippen LogP contribution in [-0.2, 0) is 0 Å². The normalized spacial score (nSPS) is 10.9. The first-order chi connectivity index (χ1) is 7.24. The Morgan fingerprint density at radius 2 is 2.27 bits per heavy atom. The quantitative estimate of drug-likeness (QED) is 0.722. The lowest BCUT2D eigenvalue weighted by atomic mass is 10.2. The van der Waals surface area contributed by atoms with E-state index in [1.807, 2.05) is 24.6 Å². The smallest absolute Gasteiger partial charge is 0.186 e. The third-order valence-electron chi connectivity index (χ3n) is 2.24. The standard InChI is InChI=1S/C11H12N2O2/c1-8(2)13-10(3-5-12-13)9-4-6-15-11(9)7-14/h3-8H,1-2H3. The summed E-state index contributed by atoms with van der Waals surface area (Å²) in [7, 11) is 0. The van der Waals surface area contributed by atoms with E-state index in [4.69, 9.17) is 4.42 Å². The lowest BCUT2D eigenvalue weighted by Gasteiger charge is -2.09. The van der Waals surface area contributed by atoms with Gasteiger partial charge < -0.3 is 4.42 Å². The van der Waals surface area contributed by atoms with Crippen molar-refractivity contribution in [2.24, 2.45) is 0 Å². The van der Waals surface area contributed by atoms with Gasteiger partial charge in [-0.2, -0.15) is 5.10 Å². The summed E-state index contributed by atoms with van der Waals surface area (Å²) in [6, 6.07) is 3.90. The van der Waals surface area contributed by atoms with Gasteiger partial charge in [0.15, 0.2) is 12.0 Å². The molecule has 2 heterocycles. The molecule has 0 fully saturated rings. The van der Waals surface area contributed by atoms with Gasteiger partial charge in [-0.3, -0.25) is 9.48 Å². The third-order valence-corrected chi connectivity index (χ3v) is 2.24. The molecule has 2 aromatic heterocycles. The van der Waals surface area contributed by atoms with E-state index in [9.17, 15) is 4.79 Å². The minimum atomic E-state index is 0.254. The highest BCUT2D eigenvalue weighted by atomic mass is 16.3. The monoisotopic (exact) mass is 204 g/mol. The minimum Gasteiger partial charge on any atom is -0.461 e. The van der Waals surface area contributed by atoms with E-state index in [1.165, 1.54) is 6.26 Å². The molecule has 0 aromatic carbocycles. The maximum atomic E-state index is 10.7. The zero-order valence-electron chi connectivity index (χ0n) is 8.68. The van der Waals surface area contributed by atoms with E-state index in [0.717, 1.165) is 11.3 Å². The zero-order chi connectivity index (χ0) is 10.8. The van der Waals surface area contributed by atoms with Gasteiger partial charge in [0.2, 0.25) is 0 Å². The van der Waals surface area contributed by atoms with Crippen LogP contribution in [0.15, 0.2) is 29.0 Å². The SMILES string of the molecule is CC(C)n1nccc1-c1ccoc1C=O. The van der Waals surface area contributed by atoms with E-state index in [2.05, 4.69) is 5.10 Å². The second kappa shape index (κ2) is 3.73. The Hall–Kier alpha value is -1.84. The summed E-state index contributed by atoms with van der Waals surface area (Å²) in [4.78, 5) is 10.7. The largest absolute Gasteiger partial charge is 0.461 e. The molecule has 0 bridgehead atoms. The average Bonchev–Trinajstić information content (AvgIpc) is 2.85. The first-order valence-electron chi connectivity index (χ1n) is 4.80. The Morgan fingerprint density at radius 1 is 1.47 bits per heavy atom. The Balaban J connectivity index is 2.54. The number of aldehydes is 1. The molecule has 0 amide bonds. The van der Waals surface area contributed by atoms with Crippen LogP contribution in [0.4, 0.5) is 0 Å². The molecule has 4 heteroatoms. The van der Waals surface area contributed by atoms with Gasteiger partial charge in [0.1, 0.15) is 0 Å². The summed E-state index contributed by atoms with van der Waals surface area (Å²) in [6.07, 6.45) is 3.95. The maximum Gasteiger partial charge on any atom is 0.186 e. The molecule has 2 aromatic rings. The molecule has 0 aliphatic carbocycles. The highest BCUT2D eigenvalue weighted by molar-refractivity contribution is 5.83. The summed E-state index contributed by atoms with van der Waals surface area (Å²) in [5.41, 5.74) is 1.69. The van der Waals surface area contributed by atoms with Crippen LogP contribution >= 0.6 is 0 Å². The van der Waals surface area contributed by atoms with Crippen LogP contribution in [0.5, 0.6) is 0 Å². The van der Waals surface area contributed by atoms with Crippen molar-refractivity contribution >= 4 is 6.29 Å². The minimum absolute atomic E-state index is 0.254. The Morgan fingerprint density at radius 3 is 2.93 bits per heavy atom. The number of rotatable bonds is 3. The number of hydrogen-bond acceptors (Lipinski definition) is 3. The number of aromatic nitrogens is 2. The van der Waals surface area contributed by atoms with E-state index in [0.29, 0.717) is 12.0 Å². The van der Waals surface area contributed by atoms with Crippen molar-refractivity contribution in [2.75, 3.05) is 0 Å². The first kappa shape index (κ1) is 9.71. The fourth-order valence-corrected chi connectivity index (χ4v) is 1.56. The van der Waals surface area contributed by atoms with Crippen LogP contribution in [0.2, 0.25) is 0 Å². The molecule has 0 N–H and O–H groups in total. The van der Waals surface area contributed by atoms with Gasteiger partial charge in [-0.05, 0) is 26.0 Å². The van der Waals surface area contributed by atoms with Gasteiger partial charge in [-0.25, -0.2) is 0 Å². The zero-order valence-corrected chi connectivity index (χ0v) is 8.68. The molecule has 0 aliphatic heterocycles. The second-order valence-electron chi connectivity index (χ2n) is 3.57. The highest BCUT2D eigenvalue weighted by Gasteiger charge is 2.13. The van der Waals surface area contributed by atoms with Crippen LogP contribution in [0.25, 0.3) is 11.3 Å². The van der Waals surface area contributed by atoms with Crippen molar-refractivity contribution in [2.45, 2.75) is 19.9 Å². The van der Waals surface area contributed by atoms with Crippen LogP contribution in [0.1, 0.15) is 30.4 Å². The molecular weight excluding hydrogens is 192 g/mol. The van der Waals surface area contributed by atoms with Gasteiger partial charge >= 0.3 is 0 Å². The van der Waals surface area contributed by atoms with E-state index in [-0.39, 0.29) is 6.04 Å². The topological polar surface area (TPSA) is 48.0 Å². The van der Waals surface area contributed by atoms with E-state index in [1.54, 1.807) is 12.3 Å². The maximum absolute atomic E-state index is 10.7. The average molecular weight is 204 g/mol. The molecule has 2 rings (SSSR count). The van der Waals surface area contributed by atoms with E-state index < -0.39 is 0 Å². The molecule has 0 saturated carbocycles. The van der Waals surface area contributed by atoms with Gasteiger partial charge in [0, 0.05) is 17.8 Å². The van der Waals surface area contributed by atoms with Crippen molar-refractivity contribution in [3.8, 4) is 11.3 Å². The lowest BCUT2D eigenvalue weighted by Crippen LogP contribution is -2.04. The number of carbonyl (C=O) groups is 1. The summed E-state index contributed by atoms with van der Waals surface area (Å²) in [6.45, 7) is 4.08. The van der Waals surface area contributed by atoms with Crippen molar-refractivity contribution in [1.82, 2.24) is 9.78 Å². The van der Waals surface area contributed by atoms with Crippen LogP contribution in [-0.4, -0.2) is 16.1 Å². The van der Waals surface area contributed by atoms with Crippen molar-refractivity contribution in [3.05, 3.63) is 30.4 Å². The van der Waals surface area contributed by atoms with Crippen LogP contribution < -0.4 is 0 Å². The van der Waals surface area contributed by atoms with Gasteiger partial charge in [-0.1, -0.05) is 0 Å². The number of carbonyl (C=O) groups excluding carboxylic acids is 1. The van der Waals surface area contributed by atoms with Crippen molar-refractivity contribution in [3.63, 3.8) is 0 Å². The van der Waals surface area contributed by atoms with Gasteiger partial charge in [-0.15, -0.1) is 0 Å². The predicted molar refractivity (Wildman–Crippen MR) is 55.7 cm³/mol. The van der Waals surface area contributed by atoms with Crippen molar-refractivity contribution in [1.29, 1.82) is 0 Å². The second-order valence-corrected chi connectivity index (χ2v) is 3.57. The molecule has 4 nitrogen and oxygen atoms in total. The molecule has 0 aliphatic rings. The summed E-state index contributed by atoms with van der Waals surface area (Å²) >= 11 is 0. The first-order valence-corrected chi connectivity index (χ1v) is 4.80. The highest BCUT2D eigenvalue weighted by Crippen LogP contribution is 2.25. The fourth-order valence-electron chi connectivity index (χ4n) is 1.56. The Kier molecular flexibility index (Phi) is 2.41. The third kappa shape index (κ3) is 1.58. The summed E-state index contributed by atoms with van der Waals surface area (Å²) < 4.78 is 6.92. The Labute approximate surface area is 87.5 Å². The molecule has 0 saturated heterocycles. The molecular formula is C11H12N2O2. The summed E-state index contributed by atoms with van der Waals surface area (Å²) in [5, 5.41) is 4.21. The summed E-state index contributed by atoms with van der Waals surface area (Å²) in [5.74, 6) is 0.345. The molecule has 0 spiro atoms. The van der Waals surface area contributed by atoms with Crippen LogP contribution in [0.3, 0.4) is 0 Å². The molecule has 15 heavy (non-hydrogen) atoms. The molecule has 0 radical (unpaired) electrons. The molecule has 78 valence electrons. The van der Waals surface area contributed by atoms with Gasteiger partial charge in [0.25, 0.3) is 0 Å². The van der Waals surface area contributed by atoms with Crippen molar-refractivity contribution < 1.29 is 9.21 Å². The fraction of sp³-hybridized carbons (Fsp3) is 0.273. The number of furan rings is 1. The predicted octanol–water partition coefficient (Wildman–Crippen LogP) is 2.54. The lowest BCUT2D eigenvalue weighted by molar-refractivity contribution is 0.110. The molecule has 0 atom stereocenters. The number of nitrogens with zero attached hydrogens (tertiary/aromatic N) is 2. The van der Waals surface area contributed by atoms with Crippen LogP contribution in [0, 0.1) is 0 Å². The van der Waals surface area contributed by atoms with Gasteiger partial charge in [0.05, 0.1) is 12.0 Å². The number of hydrogen-bond donors (Lipinski definition) is 0. The molecule has 0 unspecified atom stereocenters. The van der Waals surface area contributed by atoms with E-state index >= 15 is 0 Å². The Bertz CT molecular complexity index is 468.